The molecule has 0 aromatic carbocycles. The molecular weight excluding hydrogens is 287 g/mol. The van der Waals surface area contributed by atoms with Gasteiger partial charge < -0.3 is 10.1 Å². The van der Waals surface area contributed by atoms with Crippen LogP contribution in [0.5, 0.6) is 0 Å². The number of amides is 1. The number of methoxy groups -OCH3 is 1. The first-order valence-corrected chi connectivity index (χ1v) is 6.89. The fourth-order valence-corrected chi connectivity index (χ4v) is 2.82. The Morgan fingerprint density at radius 1 is 1.53 bits per heavy atom. The Labute approximate surface area is 122 Å². The molecule has 0 unspecified atom stereocenters. The molecule has 0 bridgehead atoms. The van der Waals surface area contributed by atoms with Crippen molar-refractivity contribution in [2.24, 2.45) is 0 Å². The zero-order valence-electron chi connectivity index (χ0n) is 10.9. The second kappa shape index (κ2) is 5.65. The van der Waals surface area contributed by atoms with Gasteiger partial charge in [-0.1, -0.05) is 23.2 Å². The van der Waals surface area contributed by atoms with Crippen LogP contribution in [0.1, 0.15) is 31.2 Å². The van der Waals surface area contributed by atoms with E-state index in [1.54, 1.807) is 13.2 Å². The molecule has 1 fully saturated rings. The van der Waals surface area contributed by atoms with Crippen molar-refractivity contribution in [2.75, 3.05) is 12.4 Å². The number of hydrogen-bond acceptors (Lipinski definition) is 3. The summed E-state index contributed by atoms with van der Waals surface area (Å²) in [4.78, 5) is 16.0. The average Bonchev–Trinajstić information content (AvgIpc) is 2.28. The molecule has 1 aliphatic carbocycles. The summed E-state index contributed by atoms with van der Waals surface area (Å²) in [6.45, 7) is 1.82. The molecule has 104 valence electrons. The van der Waals surface area contributed by atoms with Gasteiger partial charge in [-0.2, -0.15) is 0 Å². The van der Waals surface area contributed by atoms with Crippen LogP contribution in [0, 0.1) is 6.92 Å². The molecule has 1 aliphatic rings. The number of aromatic nitrogens is 1. The van der Waals surface area contributed by atoms with E-state index in [-0.39, 0.29) is 16.7 Å². The van der Waals surface area contributed by atoms with E-state index in [0.29, 0.717) is 17.3 Å². The Morgan fingerprint density at radius 2 is 2.21 bits per heavy atom. The largest absolute Gasteiger partial charge is 0.378 e. The number of aryl methyl sites for hydroxylation is 1. The van der Waals surface area contributed by atoms with E-state index in [4.69, 9.17) is 27.9 Å². The Balaban J connectivity index is 2.07. The molecule has 0 radical (unpaired) electrons. The minimum Gasteiger partial charge on any atom is -0.378 e. The van der Waals surface area contributed by atoms with Gasteiger partial charge in [0.05, 0.1) is 17.7 Å². The Kier molecular flexibility index (Phi) is 4.33. The van der Waals surface area contributed by atoms with Gasteiger partial charge in [-0.3, -0.25) is 4.79 Å². The second-order valence-electron chi connectivity index (χ2n) is 4.89. The van der Waals surface area contributed by atoms with E-state index in [1.165, 1.54) is 0 Å². The second-order valence-corrected chi connectivity index (χ2v) is 5.64. The van der Waals surface area contributed by atoms with Crippen LogP contribution in [0.15, 0.2) is 6.07 Å². The van der Waals surface area contributed by atoms with E-state index in [0.717, 1.165) is 24.8 Å². The zero-order chi connectivity index (χ0) is 14.0. The molecule has 19 heavy (non-hydrogen) atoms. The monoisotopic (exact) mass is 302 g/mol. The molecule has 0 aliphatic heterocycles. The fourth-order valence-electron chi connectivity index (χ4n) is 2.25. The number of ether oxygens (including phenoxy) is 1. The number of rotatable bonds is 4. The molecule has 1 N–H and O–H groups in total. The number of carbonyl (C=O) groups excluding carboxylic acids is 1. The first kappa shape index (κ1) is 14.6. The highest BCUT2D eigenvalue weighted by Gasteiger charge is 2.39. The summed E-state index contributed by atoms with van der Waals surface area (Å²) in [6, 6.07) is 1.67. The van der Waals surface area contributed by atoms with Gasteiger partial charge in [-0.05, 0) is 37.8 Å². The number of halogens is 2. The van der Waals surface area contributed by atoms with Crippen molar-refractivity contribution in [2.45, 2.75) is 38.2 Å². The van der Waals surface area contributed by atoms with E-state index < -0.39 is 0 Å². The smallest absolute Gasteiger partial charge is 0.227 e. The molecule has 1 aromatic heterocycles. The molecule has 4 nitrogen and oxygen atoms in total. The first-order valence-electron chi connectivity index (χ1n) is 6.13. The van der Waals surface area contributed by atoms with Crippen LogP contribution in [-0.2, 0) is 9.53 Å². The van der Waals surface area contributed by atoms with Crippen LogP contribution in [0.4, 0.5) is 5.69 Å². The van der Waals surface area contributed by atoms with Crippen molar-refractivity contribution < 1.29 is 9.53 Å². The summed E-state index contributed by atoms with van der Waals surface area (Å²) in [7, 11) is 1.65. The predicted molar refractivity (Wildman–Crippen MR) is 75.8 cm³/mol. The highest BCUT2D eigenvalue weighted by molar-refractivity contribution is 6.34. The van der Waals surface area contributed by atoms with Crippen LogP contribution in [0.25, 0.3) is 0 Å². The standard InChI is InChI=1S/C13H16Cl2N2O2/c1-8-6-9(14)16-12(15)11(8)17-10(18)7-13(19-2)4-3-5-13/h6H,3-5,7H2,1-2H3,(H,17,18). The molecule has 2 rings (SSSR count). The van der Waals surface area contributed by atoms with Gasteiger partial charge in [0.2, 0.25) is 5.91 Å². The van der Waals surface area contributed by atoms with Gasteiger partial charge in [0.1, 0.15) is 5.15 Å². The van der Waals surface area contributed by atoms with Crippen molar-refractivity contribution in [1.29, 1.82) is 0 Å². The number of nitrogens with zero attached hydrogens (tertiary/aromatic N) is 1. The number of pyridine rings is 1. The van der Waals surface area contributed by atoms with Crippen molar-refractivity contribution in [3.05, 3.63) is 21.9 Å². The van der Waals surface area contributed by atoms with Crippen LogP contribution < -0.4 is 5.32 Å². The predicted octanol–water partition coefficient (Wildman–Crippen LogP) is 3.59. The maximum absolute atomic E-state index is 12.1. The maximum Gasteiger partial charge on any atom is 0.227 e. The number of hydrogen-bond donors (Lipinski definition) is 1. The third-order valence-electron chi connectivity index (χ3n) is 3.59. The lowest BCUT2D eigenvalue weighted by Gasteiger charge is -2.39. The van der Waals surface area contributed by atoms with Crippen molar-refractivity contribution in [3.8, 4) is 0 Å². The van der Waals surface area contributed by atoms with E-state index in [9.17, 15) is 4.79 Å². The van der Waals surface area contributed by atoms with Crippen molar-refractivity contribution in [3.63, 3.8) is 0 Å². The molecule has 1 saturated carbocycles. The maximum atomic E-state index is 12.1. The quantitative estimate of drug-likeness (QED) is 0.865. The minimum absolute atomic E-state index is 0.115. The molecule has 6 heteroatoms. The molecule has 1 aromatic rings. The molecule has 0 atom stereocenters. The van der Waals surface area contributed by atoms with Gasteiger partial charge in [0, 0.05) is 7.11 Å². The Hall–Kier alpha value is -0.840. The van der Waals surface area contributed by atoms with Gasteiger partial charge in [0.25, 0.3) is 0 Å². The Morgan fingerprint density at radius 3 is 2.68 bits per heavy atom. The average molecular weight is 303 g/mol. The number of nitrogens with one attached hydrogen (secondary N) is 1. The highest BCUT2D eigenvalue weighted by Crippen LogP contribution is 2.38. The van der Waals surface area contributed by atoms with Gasteiger partial charge in [0.15, 0.2) is 5.15 Å². The topological polar surface area (TPSA) is 51.2 Å². The normalized spacial score (nSPS) is 16.8. The summed E-state index contributed by atoms with van der Waals surface area (Å²) in [5.41, 5.74) is 1.00. The van der Waals surface area contributed by atoms with Gasteiger partial charge in [-0.15, -0.1) is 0 Å². The van der Waals surface area contributed by atoms with Crippen molar-refractivity contribution >= 4 is 34.8 Å². The molecular formula is C13H16Cl2N2O2. The Bertz CT molecular complexity index is 473. The summed E-state index contributed by atoms with van der Waals surface area (Å²) < 4.78 is 5.43. The molecule has 1 amide bonds. The lowest BCUT2D eigenvalue weighted by Crippen LogP contribution is -2.42. The van der Waals surface area contributed by atoms with Gasteiger partial charge >= 0.3 is 0 Å². The SMILES string of the molecule is COC1(CC(=O)Nc2c(C)cc(Cl)nc2Cl)CCC1. The lowest BCUT2D eigenvalue weighted by molar-refractivity contribution is -0.129. The van der Waals surface area contributed by atoms with Crippen LogP contribution in [0.3, 0.4) is 0 Å². The van der Waals surface area contributed by atoms with Gasteiger partial charge in [-0.25, -0.2) is 4.98 Å². The van der Waals surface area contributed by atoms with E-state index >= 15 is 0 Å². The van der Waals surface area contributed by atoms with Crippen LogP contribution in [0.2, 0.25) is 10.3 Å². The van der Waals surface area contributed by atoms with Crippen molar-refractivity contribution in [1.82, 2.24) is 4.98 Å². The molecule has 0 spiro atoms. The third kappa shape index (κ3) is 3.19. The highest BCUT2D eigenvalue weighted by atomic mass is 35.5. The minimum atomic E-state index is -0.301. The number of carbonyl (C=O) groups is 1. The molecule has 1 heterocycles. The summed E-state index contributed by atoms with van der Waals surface area (Å²) in [5, 5.41) is 3.31. The number of anilines is 1. The third-order valence-corrected chi connectivity index (χ3v) is 4.05. The van der Waals surface area contributed by atoms with E-state index in [2.05, 4.69) is 10.3 Å². The summed E-state index contributed by atoms with van der Waals surface area (Å²) in [6.07, 6.45) is 3.27. The van der Waals surface area contributed by atoms with Crippen LogP contribution in [-0.4, -0.2) is 23.6 Å². The summed E-state index contributed by atoms with van der Waals surface area (Å²) >= 11 is 11.8. The van der Waals surface area contributed by atoms with Crippen LogP contribution >= 0.6 is 23.2 Å². The summed E-state index contributed by atoms with van der Waals surface area (Å²) in [5.74, 6) is -0.115. The zero-order valence-corrected chi connectivity index (χ0v) is 12.4. The fraction of sp³-hybridized carbons (Fsp3) is 0.538. The molecule has 0 saturated heterocycles. The lowest BCUT2D eigenvalue weighted by atomic mass is 9.77. The first-order chi connectivity index (χ1) is 8.96. The van der Waals surface area contributed by atoms with E-state index in [1.807, 2.05) is 6.92 Å².